The standard InChI is InChI=1S/C28H32O5/c1-3-4-5-6-7-8-11-20-32-26-19-18-25(23-12-9-10-13-24(23)26)28(30)33-22-16-14-21(15-17-22)27(29)31-2/h9-10,12-19H,3-8,11,20H2,1-2H3. The SMILES string of the molecule is CCCCCCCCCOc1ccc(C(=O)Oc2ccc(C(=O)OC)cc2)c2ccccc12. The molecule has 0 unspecified atom stereocenters. The second-order valence-electron chi connectivity index (χ2n) is 8.03. The van der Waals surface area contributed by atoms with Crippen LogP contribution in [-0.4, -0.2) is 25.7 Å². The molecule has 0 aliphatic rings. The number of esters is 2. The highest BCUT2D eigenvalue weighted by Crippen LogP contribution is 2.30. The molecular formula is C28H32O5. The highest BCUT2D eigenvalue weighted by atomic mass is 16.5. The Morgan fingerprint density at radius 3 is 2.09 bits per heavy atom. The molecule has 3 aromatic rings. The zero-order valence-corrected chi connectivity index (χ0v) is 19.5. The molecule has 5 nitrogen and oxygen atoms in total. The summed E-state index contributed by atoms with van der Waals surface area (Å²) in [5.74, 6) is 0.230. The molecule has 174 valence electrons. The number of benzene rings is 3. The third-order valence-corrected chi connectivity index (χ3v) is 5.60. The zero-order valence-electron chi connectivity index (χ0n) is 19.5. The fourth-order valence-corrected chi connectivity index (χ4v) is 3.76. The Hall–Kier alpha value is -3.34. The minimum atomic E-state index is -0.462. The summed E-state index contributed by atoms with van der Waals surface area (Å²) in [7, 11) is 1.32. The van der Waals surface area contributed by atoms with Crippen molar-refractivity contribution in [3.8, 4) is 11.5 Å². The van der Waals surface area contributed by atoms with Crippen LogP contribution in [0, 0.1) is 0 Å². The maximum absolute atomic E-state index is 12.9. The molecule has 0 aromatic heterocycles. The molecule has 0 aliphatic heterocycles. The first-order valence-corrected chi connectivity index (χ1v) is 11.7. The summed E-state index contributed by atoms with van der Waals surface area (Å²) in [4.78, 5) is 24.4. The summed E-state index contributed by atoms with van der Waals surface area (Å²) in [6.07, 6.45) is 8.62. The van der Waals surface area contributed by atoms with Crippen LogP contribution in [0.25, 0.3) is 10.8 Å². The van der Waals surface area contributed by atoms with Crippen LogP contribution in [0.2, 0.25) is 0 Å². The van der Waals surface area contributed by atoms with Crippen LogP contribution < -0.4 is 9.47 Å². The van der Waals surface area contributed by atoms with Crippen LogP contribution in [0.4, 0.5) is 0 Å². The molecule has 0 heterocycles. The van der Waals surface area contributed by atoms with Crippen LogP contribution in [0.5, 0.6) is 11.5 Å². The molecular weight excluding hydrogens is 416 g/mol. The number of hydrogen-bond donors (Lipinski definition) is 0. The van der Waals surface area contributed by atoms with E-state index in [1.165, 1.54) is 45.6 Å². The number of hydrogen-bond acceptors (Lipinski definition) is 5. The summed E-state index contributed by atoms with van der Waals surface area (Å²) in [6, 6.07) is 17.5. The van der Waals surface area contributed by atoms with Crippen molar-refractivity contribution in [2.75, 3.05) is 13.7 Å². The van der Waals surface area contributed by atoms with Crippen molar-refractivity contribution in [2.45, 2.75) is 51.9 Å². The molecule has 0 aliphatic carbocycles. The number of rotatable bonds is 12. The Balaban J connectivity index is 1.63. The lowest BCUT2D eigenvalue weighted by molar-refractivity contribution is 0.0600. The van der Waals surface area contributed by atoms with E-state index >= 15 is 0 Å². The van der Waals surface area contributed by atoms with Gasteiger partial charge in [-0.1, -0.05) is 69.7 Å². The van der Waals surface area contributed by atoms with E-state index in [0.29, 0.717) is 23.5 Å². The minimum Gasteiger partial charge on any atom is -0.493 e. The molecule has 33 heavy (non-hydrogen) atoms. The van der Waals surface area contributed by atoms with Gasteiger partial charge in [0.15, 0.2) is 0 Å². The smallest absolute Gasteiger partial charge is 0.344 e. The number of fused-ring (bicyclic) bond motifs is 1. The fourth-order valence-electron chi connectivity index (χ4n) is 3.76. The Bertz CT molecular complexity index is 1060. The summed E-state index contributed by atoms with van der Waals surface area (Å²) in [6.45, 7) is 2.89. The van der Waals surface area contributed by atoms with E-state index in [-0.39, 0.29) is 0 Å². The van der Waals surface area contributed by atoms with Crippen molar-refractivity contribution in [3.05, 3.63) is 71.8 Å². The molecule has 0 spiro atoms. The number of methoxy groups -OCH3 is 1. The van der Waals surface area contributed by atoms with Gasteiger partial charge in [0.05, 0.1) is 24.8 Å². The molecule has 3 rings (SSSR count). The molecule has 0 atom stereocenters. The Labute approximate surface area is 195 Å². The molecule has 0 amide bonds. The fraction of sp³-hybridized carbons (Fsp3) is 0.357. The maximum atomic E-state index is 12.9. The summed E-state index contributed by atoms with van der Waals surface area (Å²) >= 11 is 0. The maximum Gasteiger partial charge on any atom is 0.344 e. The Kier molecular flexibility index (Phi) is 9.31. The molecule has 0 fully saturated rings. The molecule has 0 saturated heterocycles. The molecule has 0 bridgehead atoms. The predicted molar refractivity (Wildman–Crippen MR) is 130 cm³/mol. The summed E-state index contributed by atoms with van der Waals surface area (Å²) in [5.41, 5.74) is 0.858. The minimum absolute atomic E-state index is 0.357. The first kappa shape index (κ1) is 24.3. The van der Waals surface area contributed by atoms with Crippen molar-refractivity contribution in [1.82, 2.24) is 0 Å². The van der Waals surface area contributed by atoms with Crippen LogP contribution in [-0.2, 0) is 4.74 Å². The van der Waals surface area contributed by atoms with E-state index in [9.17, 15) is 9.59 Å². The van der Waals surface area contributed by atoms with Gasteiger partial charge in [-0.15, -0.1) is 0 Å². The van der Waals surface area contributed by atoms with Crippen molar-refractivity contribution in [1.29, 1.82) is 0 Å². The number of unbranched alkanes of at least 4 members (excludes halogenated alkanes) is 6. The van der Waals surface area contributed by atoms with Gasteiger partial charge >= 0.3 is 11.9 Å². The van der Waals surface area contributed by atoms with E-state index in [1.807, 2.05) is 30.3 Å². The average molecular weight is 449 g/mol. The van der Waals surface area contributed by atoms with Crippen molar-refractivity contribution >= 4 is 22.7 Å². The van der Waals surface area contributed by atoms with Gasteiger partial charge in [-0.2, -0.15) is 0 Å². The normalized spacial score (nSPS) is 10.7. The predicted octanol–water partition coefficient (Wildman–Crippen LogP) is 6.98. The van der Waals surface area contributed by atoms with Gasteiger partial charge in [-0.05, 0) is 48.2 Å². The summed E-state index contributed by atoms with van der Waals surface area (Å²) < 4.78 is 16.3. The second-order valence-corrected chi connectivity index (χ2v) is 8.03. The lowest BCUT2D eigenvalue weighted by atomic mass is 10.0. The lowest BCUT2D eigenvalue weighted by Gasteiger charge is -2.12. The van der Waals surface area contributed by atoms with E-state index in [4.69, 9.17) is 9.47 Å². The van der Waals surface area contributed by atoms with E-state index < -0.39 is 11.9 Å². The summed E-state index contributed by atoms with van der Waals surface area (Å²) in [5, 5.41) is 1.67. The van der Waals surface area contributed by atoms with Crippen LogP contribution >= 0.6 is 0 Å². The third kappa shape index (κ3) is 6.82. The number of carbonyl (C=O) groups excluding carboxylic acids is 2. The highest BCUT2D eigenvalue weighted by Gasteiger charge is 2.15. The molecule has 3 aromatic carbocycles. The highest BCUT2D eigenvalue weighted by molar-refractivity contribution is 6.07. The molecule has 0 saturated carbocycles. The topological polar surface area (TPSA) is 61.8 Å². The van der Waals surface area contributed by atoms with Gasteiger partial charge in [0.2, 0.25) is 0 Å². The van der Waals surface area contributed by atoms with Gasteiger partial charge in [0, 0.05) is 5.39 Å². The number of carbonyl (C=O) groups is 2. The van der Waals surface area contributed by atoms with Crippen molar-refractivity contribution in [2.24, 2.45) is 0 Å². The largest absolute Gasteiger partial charge is 0.493 e. The van der Waals surface area contributed by atoms with E-state index in [0.717, 1.165) is 22.9 Å². The van der Waals surface area contributed by atoms with Crippen LogP contribution in [0.3, 0.4) is 0 Å². The lowest BCUT2D eigenvalue weighted by Crippen LogP contribution is -2.10. The van der Waals surface area contributed by atoms with Crippen molar-refractivity contribution < 1.29 is 23.8 Å². The van der Waals surface area contributed by atoms with Gasteiger partial charge in [-0.25, -0.2) is 9.59 Å². The van der Waals surface area contributed by atoms with Gasteiger partial charge < -0.3 is 14.2 Å². The van der Waals surface area contributed by atoms with Crippen LogP contribution in [0.1, 0.15) is 72.6 Å². The quantitative estimate of drug-likeness (QED) is 0.170. The second kappa shape index (κ2) is 12.6. The van der Waals surface area contributed by atoms with Crippen molar-refractivity contribution in [3.63, 3.8) is 0 Å². The third-order valence-electron chi connectivity index (χ3n) is 5.60. The average Bonchev–Trinajstić information content (AvgIpc) is 2.85. The van der Waals surface area contributed by atoms with E-state index in [1.54, 1.807) is 30.3 Å². The first-order chi connectivity index (χ1) is 16.1. The zero-order chi connectivity index (χ0) is 23.5. The molecule has 0 radical (unpaired) electrons. The van der Waals surface area contributed by atoms with Gasteiger partial charge in [0.1, 0.15) is 11.5 Å². The molecule has 0 N–H and O–H groups in total. The monoisotopic (exact) mass is 448 g/mol. The molecule has 5 heteroatoms. The van der Waals surface area contributed by atoms with Gasteiger partial charge in [0.25, 0.3) is 0 Å². The van der Waals surface area contributed by atoms with E-state index in [2.05, 4.69) is 11.7 Å². The number of ether oxygens (including phenoxy) is 3. The Morgan fingerprint density at radius 1 is 0.727 bits per heavy atom. The van der Waals surface area contributed by atoms with Gasteiger partial charge in [-0.3, -0.25) is 0 Å². The van der Waals surface area contributed by atoms with Crippen LogP contribution in [0.15, 0.2) is 60.7 Å². The Morgan fingerprint density at radius 2 is 1.39 bits per heavy atom. The first-order valence-electron chi connectivity index (χ1n) is 11.7.